The molecule has 3 N–H and O–H groups in total. The van der Waals surface area contributed by atoms with E-state index in [1.807, 2.05) is 18.2 Å². The molecule has 0 saturated carbocycles. The van der Waals surface area contributed by atoms with E-state index in [0.717, 1.165) is 5.69 Å². The average Bonchev–Trinajstić information content (AvgIpc) is 2.85. The van der Waals surface area contributed by atoms with Crippen molar-refractivity contribution in [2.24, 2.45) is 0 Å². The topological polar surface area (TPSA) is 90.9 Å². The van der Waals surface area contributed by atoms with Crippen LogP contribution in [0.3, 0.4) is 0 Å². The van der Waals surface area contributed by atoms with Crippen molar-refractivity contribution in [3.8, 4) is 5.75 Å². The second-order valence-corrected chi connectivity index (χ2v) is 5.31. The van der Waals surface area contributed by atoms with Crippen molar-refractivity contribution < 1.29 is 19.4 Å². The van der Waals surface area contributed by atoms with Gasteiger partial charge in [0.05, 0.1) is 19.3 Å². The fourth-order valence-electron chi connectivity index (χ4n) is 2.31. The number of nitrogens with one attached hydrogen (secondary N) is 2. The van der Waals surface area contributed by atoms with Gasteiger partial charge in [-0.15, -0.1) is 0 Å². The molecule has 3 amide bonds. The normalized spacial score (nSPS) is 19.0. The molecular weight excluding hydrogens is 286 g/mol. The molecule has 1 saturated heterocycles. The van der Waals surface area contributed by atoms with Crippen molar-refractivity contribution in [3.05, 3.63) is 24.3 Å². The number of methoxy groups -OCH3 is 1. The molecule has 7 heteroatoms. The van der Waals surface area contributed by atoms with E-state index < -0.39 is 6.10 Å². The number of ether oxygens (including phenoxy) is 1. The maximum atomic E-state index is 12.1. The highest BCUT2D eigenvalue weighted by molar-refractivity contribution is 5.97. The smallest absolute Gasteiger partial charge is 0.315 e. The van der Waals surface area contributed by atoms with Crippen LogP contribution in [0.2, 0.25) is 0 Å². The average molecular weight is 307 g/mol. The Labute approximate surface area is 129 Å². The first-order chi connectivity index (χ1) is 10.5. The summed E-state index contributed by atoms with van der Waals surface area (Å²) in [7, 11) is 1.57. The molecule has 1 aliphatic heterocycles. The minimum atomic E-state index is -0.607. The number of rotatable bonds is 5. The minimum Gasteiger partial charge on any atom is -0.497 e. The van der Waals surface area contributed by atoms with Crippen molar-refractivity contribution in [2.45, 2.75) is 25.5 Å². The Balaban J connectivity index is 1.94. The molecular formula is C15H21N3O4. The number of hydrogen-bond donors (Lipinski definition) is 3. The molecule has 2 atom stereocenters. The standard InChI is InChI=1S/C15H21N3O4/c1-10(19)8-16-15(21)17-11-6-14(20)18(9-11)12-4-3-5-13(7-12)22-2/h3-5,7,10-11,19H,6,8-9H2,1-2H3,(H2,16,17,21)/t10-,11+/m1/s1. The number of aliphatic hydroxyl groups excluding tert-OH is 1. The van der Waals surface area contributed by atoms with Crippen molar-refractivity contribution in [3.63, 3.8) is 0 Å². The number of hydrogen-bond acceptors (Lipinski definition) is 4. The highest BCUT2D eigenvalue weighted by Gasteiger charge is 2.31. The molecule has 7 nitrogen and oxygen atoms in total. The number of amides is 3. The molecule has 1 aliphatic rings. The van der Waals surface area contributed by atoms with Gasteiger partial charge in [0, 0.05) is 31.3 Å². The number of nitrogens with zero attached hydrogens (tertiary/aromatic N) is 1. The lowest BCUT2D eigenvalue weighted by molar-refractivity contribution is -0.117. The third-order valence-electron chi connectivity index (χ3n) is 3.38. The van der Waals surface area contributed by atoms with Crippen LogP contribution in [0, 0.1) is 0 Å². The molecule has 1 fully saturated rings. The van der Waals surface area contributed by atoms with Gasteiger partial charge in [0.2, 0.25) is 5.91 Å². The molecule has 120 valence electrons. The van der Waals surface area contributed by atoms with E-state index in [1.165, 1.54) is 0 Å². The summed E-state index contributed by atoms with van der Waals surface area (Å²) in [6.45, 7) is 2.17. The summed E-state index contributed by atoms with van der Waals surface area (Å²) in [6, 6.07) is 6.60. The largest absolute Gasteiger partial charge is 0.497 e. The van der Waals surface area contributed by atoms with E-state index in [4.69, 9.17) is 9.84 Å². The van der Waals surface area contributed by atoms with Gasteiger partial charge in [-0.1, -0.05) is 6.07 Å². The zero-order valence-electron chi connectivity index (χ0n) is 12.7. The van der Waals surface area contributed by atoms with Gasteiger partial charge in [-0.3, -0.25) is 4.79 Å². The summed E-state index contributed by atoms with van der Waals surface area (Å²) in [4.78, 5) is 25.4. The Morgan fingerprint density at radius 1 is 1.55 bits per heavy atom. The Hall–Kier alpha value is -2.28. The van der Waals surface area contributed by atoms with Gasteiger partial charge in [0.1, 0.15) is 5.75 Å². The Bertz CT molecular complexity index is 547. The summed E-state index contributed by atoms with van der Waals surface area (Å²) >= 11 is 0. The first-order valence-electron chi connectivity index (χ1n) is 7.16. The molecule has 2 rings (SSSR count). The number of anilines is 1. The fraction of sp³-hybridized carbons (Fsp3) is 0.467. The summed E-state index contributed by atoms with van der Waals surface area (Å²) < 4.78 is 5.15. The third kappa shape index (κ3) is 4.11. The van der Waals surface area contributed by atoms with E-state index in [1.54, 1.807) is 25.0 Å². The molecule has 1 aromatic rings. The SMILES string of the molecule is COc1cccc(N2C[C@@H](NC(=O)NC[C@@H](C)O)CC2=O)c1. The Kier molecular flexibility index (Phi) is 5.21. The number of carbonyl (C=O) groups excluding carboxylic acids is 2. The zero-order valence-corrected chi connectivity index (χ0v) is 12.7. The van der Waals surface area contributed by atoms with Crippen LogP contribution in [-0.2, 0) is 4.79 Å². The number of carbonyl (C=O) groups is 2. The van der Waals surface area contributed by atoms with Crippen molar-refractivity contribution in [1.29, 1.82) is 0 Å². The van der Waals surface area contributed by atoms with Gasteiger partial charge in [-0.2, -0.15) is 0 Å². The fourth-order valence-corrected chi connectivity index (χ4v) is 2.31. The van der Waals surface area contributed by atoms with Gasteiger partial charge in [-0.05, 0) is 19.1 Å². The van der Waals surface area contributed by atoms with Crippen LogP contribution in [-0.4, -0.2) is 49.4 Å². The van der Waals surface area contributed by atoms with Gasteiger partial charge < -0.3 is 25.4 Å². The predicted octanol–water partition coefficient (Wildman–Crippen LogP) is 0.481. The monoisotopic (exact) mass is 307 g/mol. The third-order valence-corrected chi connectivity index (χ3v) is 3.38. The van der Waals surface area contributed by atoms with E-state index in [9.17, 15) is 9.59 Å². The van der Waals surface area contributed by atoms with E-state index in [2.05, 4.69) is 10.6 Å². The second-order valence-electron chi connectivity index (χ2n) is 5.31. The molecule has 0 unspecified atom stereocenters. The van der Waals surface area contributed by atoms with Crippen molar-refractivity contribution >= 4 is 17.6 Å². The van der Waals surface area contributed by atoms with Crippen LogP contribution in [0.25, 0.3) is 0 Å². The molecule has 0 spiro atoms. The molecule has 0 aromatic heterocycles. The van der Waals surface area contributed by atoms with E-state index >= 15 is 0 Å². The number of benzene rings is 1. The van der Waals surface area contributed by atoms with Crippen molar-refractivity contribution in [2.75, 3.05) is 25.1 Å². The molecule has 1 aromatic carbocycles. The summed E-state index contributed by atoms with van der Waals surface area (Å²) in [5.74, 6) is 0.630. The molecule has 0 aliphatic carbocycles. The first kappa shape index (κ1) is 16.1. The van der Waals surface area contributed by atoms with E-state index in [-0.39, 0.29) is 30.9 Å². The minimum absolute atomic E-state index is 0.0471. The van der Waals surface area contributed by atoms with Crippen LogP contribution < -0.4 is 20.3 Å². The highest BCUT2D eigenvalue weighted by atomic mass is 16.5. The zero-order chi connectivity index (χ0) is 16.1. The molecule has 22 heavy (non-hydrogen) atoms. The number of aliphatic hydroxyl groups is 1. The summed E-state index contributed by atoms with van der Waals surface area (Å²) in [6.07, 6.45) is -0.358. The van der Waals surface area contributed by atoms with Gasteiger partial charge >= 0.3 is 6.03 Å². The maximum absolute atomic E-state index is 12.1. The summed E-state index contributed by atoms with van der Waals surface area (Å²) in [5.41, 5.74) is 0.748. The lowest BCUT2D eigenvalue weighted by atomic mass is 10.2. The van der Waals surface area contributed by atoms with Crippen LogP contribution in [0.1, 0.15) is 13.3 Å². The second kappa shape index (κ2) is 7.13. The van der Waals surface area contributed by atoms with Crippen molar-refractivity contribution in [1.82, 2.24) is 10.6 Å². The summed E-state index contributed by atoms with van der Waals surface area (Å²) in [5, 5.41) is 14.4. The van der Waals surface area contributed by atoms with Gasteiger partial charge in [-0.25, -0.2) is 4.79 Å². The van der Waals surface area contributed by atoms with Crippen LogP contribution in [0.4, 0.5) is 10.5 Å². The van der Waals surface area contributed by atoms with Gasteiger partial charge in [0.15, 0.2) is 0 Å². The Morgan fingerprint density at radius 2 is 2.32 bits per heavy atom. The van der Waals surface area contributed by atoms with Crippen LogP contribution in [0.5, 0.6) is 5.75 Å². The Morgan fingerprint density at radius 3 is 3.00 bits per heavy atom. The quantitative estimate of drug-likeness (QED) is 0.738. The van der Waals surface area contributed by atoms with Crippen LogP contribution >= 0.6 is 0 Å². The molecule has 0 bridgehead atoms. The lowest BCUT2D eigenvalue weighted by Gasteiger charge is -2.18. The van der Waals surface area contributed by atoms with E-state index in [0.29, 0.717) is 12.3 Å². The lowest BCUT2D eigenvalue weighted by Crippen LogP contribution is -2.45. The van der Waals surface area contributed by atoms with Crippen LogP contribution in [0.15, 0.2) is 24.3 Å². The molecule has 0 radical (unpaired) electrons. The number of urea groups is 1. The first-order valence-corrected chi connectivity index (χ1v) is 7.16. The highest BCUT2D eigenvalue weighted by Crippen LogP contribution is 2.25. The molecule has 1 heterocycles. The predicted molar refractivity (Wildman–Crippen MR) is 82.0 cm³/mol. The maximum Gasteiger partial charge on any atom is 0.315 e. The van der Waals surface area contributed by atoms with Gasteiger partial charge in [0.25, 0.3) is 0 Å².